The normalized spacial score (nSPS) is 13.5. The van der Waals surface area contributed by atoms with E-state index >= 15 is 0 Å². The Bertz CT molecular complexity index is 698. The molecule has 104 valence electrons. The summed E-state index contributed by atoms with van der Waals surface area (Å²) in [5, 5.41) is 1.88. The van der Waals surface area contributed by atoms with Crippen LogP contribution in [0.4, 0.5) is 0 Å². The van der Waals surface area contributed by atoms with Crippen LogP contribution in [0.25, 0.3) is 0 Å². The maximum Gasteiger partial charge on any atom is 0.255 e. The van der Waals surface area contributed by atoms with Crippen LogP contribution in [-0.2, 0) is 17.3 Å². The molecule has 1 aliphatic heterocycles. The summed E-state index contributed by atoms with van der Waals surface area (Å²) in [6.07, 6.45) is 0. The molecule has 7 heteroatoms. The highest BCUT2D eigenvalue weighted by Gasteiger charge is 2.18. The molecule has 0 amide bonds. The zero-order valence-corrected chi connectivity index (χ0v) is 13.4. The van der Waals surface area contributed by atoms with E-state index in [4.69, 9.17) is 23.2 Å². The third kappa shape index (κ3) is 2.86. The van der Waals surface area contributed by atoms with Crippen LogP contribution in [-0.4, -0.2) is 9.97 Å². The largest absolute Gasteiger partial charge is 0.301 e. The molecule has 20 heavy (non-hydrogen) atoms. The lowest BCUT2D eigenvalue weighted by Crippen LogP contribution is -2.14. The molecule has 0 saturated carbocycles. The Kier molecular flexibility index (Phi) is 4.31. The van der Waals surface area contributed by atoms with E-state index < -0.39 is 0 Å². The van der Waals surface area contributed by atoms with E-state index in [9.17, 15) is 4.79 Å². The molecule has 1 aliphatic rings. The average Bonchev–Trinajstić information content (AvgIpc) is 2.87. The number of thioether (sulfide) groups is 2. The maximum atomic E-state index is 11.9. The highest BCUT2D eigenvalue weighted by Crippen LogP contribution is 2.31. The second-order valence-corrected chi connectivity index (χ2v) is 7.04. The lowest BCUT2D eigenvalue weighted by atomic mass is 10.2. The highest BCUT2D eigenvalue weighted by atomic mass is 35.5. The molecule has 0 aliphatic carbocycles. The van der Waals surface area contributed by atoms with Crippen LogP contribution in [0.2, 0.25) is 10.0 Å². The van der Waals surface area contributed by atoms with Gasteiger partial charge in [-0.3, -0.25) is 4.79 Å². The Morgan fingerprint density at radius 2 is 2.05 bits per heavy atom. The first-order valence-electron chi connectivity index (χ1n) is 5.90. The van der Waals surface area contributed by atoms with Gasteiger partial charge in [0.2, 0.25) is 0 Å². The van der Waals surface area contributed by atoms with Crippen molar-refractivity contribution in [2.45, 2.75) is 22.4 Å². The standard InChI is InChI=1S/C13H10Cl2N2OS2/c14-9-2-1-3-10(15)7(9)5-20-13-16-11-6-19-4-8(11)12(18)17-13/h1-3H,4-6H2,(H,16,17,18). The molecule has 3 nitrogen and oxygen atoms in total. The second-order valence-electron chi connectivity index (χ2n) is 4.28. The topological polar surface area (TPSA) is 45.8 Å². The summed E-state index contributed by atoms with van der Waals surface area (Å²) < 4.78 is 0. The van der Waals surface area contributed by atoms with Gasteiger partial charge in [0.1, 0.15) is 0 Å². The Labute approximate surface area is 134 Å². The molecule has 0 fully saturated rings. The molecule has 1 aromatic carbocycles. The fourth-order valence-corrected chi connectivity index (χ4v) is 4.58. The third-order valence-electron chi connectivity index (χ3n) is 2.98. The van der Waals surface area contributed by atoms with Gasteiger partial charge in [-0.1, -0.05) is 41.0 Å². The van der Waals surface area contributed by atoms with Gasteiger partial charge in [0, 0.05) is 32.9 Å². The predicted molar refractivity (Wildman–Crippen MR) is 85.9 cm³/mol. The minimum atomic E-state index is -0.0345. The van der Waals surface area contributed by atoms with Crippen LogP contribution in [0.3, 0.4) is 0 Å². The zero-order valence-electron chi connectivity index (χ0n) is 10.3. The van der Waals surface area contributed by atoms with E-state index in [1.165, 1.54) is 11.8 Å². The molecular formula is C13H10Cl2N2OS2. The number of H-pyrrole nitrogens is 1. The van der Waals surface area contributed by atoms with Crippen LogP contribution >= 0.6 is 46.7 Å². The third-order valence-corrected chi connectivity index (χ3v) is 5.56. The second kappa shape index (κ2) is 6.02. The first-order chi connectivity index (χ1) is 9.65. The predicted octanol–water partition coefficient (Wildman–Crippen LogP) is 4.12. The molecule has 0 spiro atoms. The van der Waals surface area contributed by atoms with Crippen molar-refractivity contribution >= 4 is 46.7 Å². The summed E-state index contributed by atoms with van der Waals surface area (Å²) in [5.74, 6) is 2.13. The molecule has 2 aromatic rings. The van der Waals surface area contributed by atoms with Crippen molar-refractivity contribution < 1.29 is 0 Å². The highest BCUT2D eigenvalue weighted by molar-refractivity contribution is 7.98. The quantitative estimate of drug-likeness (QED) is 0.672. The first kappa shape index (κ1) is 14.3. The van der Waals surface area contributed by atoms with Crippen molar-refractivity contribution in [2.24, 2.45) is 0 Å². The number of rotatable bonds is 3. The van der Waals surface area contributed by atoms with Crippen molar-refractivity contribution in [2.75, 3.05) is 0 Å². The molecule has 0 atom stereocenters. The average molecular weight is 345 g/mol. The summed E-state index contributed by atoms with van der Waals surface area (Å²) in [6.45, 7) is 0. The van der Waals surface area contributed by atoms with Crippen molar-refractivity contribution in [1.82, 2.24) is 9.97 Å². The van der Waals surface area contributed by atoms with E-state index in [0.717, 1.165) is 28.3 Å². The summed E-state index contributed by atoms with van der Waals surface area (Å²) >= 11 is 15.4. The van der Waals surface area contributed by atoms with Gasteiger partial charge >= 0.3 is 0 Å². The first-order valence-corrected chi connectivity index (χ1v) is 8.80. The van der Waals surface area contributed by atoms with Crippen LogP contribution in [0.5, 0.6) is 0 Å². The lowest BCUT2D eigenvalue weighted by Gasteiger charge is -2.07. The van der Waals surface area contributed by atoms with Gasteiger partial charge in [-0.15, -0.1) is 0 Å². The van der Waals surface area contributed by atoms with Crippen LogP contribution in [0.15, 0.2) is 28.2 Å². The van der Waals surface area contributed by atoms with Crippen molar-refractivity contribution in [3.8, 4) is 0 Å². The van der Waals surface area contributed by atoms with E-state index in [2.05, 4.69) is 9.97 Å². The fourth-order valence-electron chi connectivity index (χ4n) is 1.92. The van der Waals surface area contributed by atoms with Crippen LogP contribution in [0.1, 0.15) is 16.8 Å². The monoisotopic (exact) mass is 344 g/mol. The number of hydrogen-bond acceptors (Lipinski definition) is 4. The molecule has 0 saturated heterocycles. The van der Waals surface area contributed by atoms with Gasteiger partial charge in [-0.25, -0.2) is 4.98 Å². The number of hydrogen-bond donors (Lipinski definition) is 1. The van der Waals surface area contributed by atoms with Gasteiger partial charge < -0.3 is 4.98 Å². The number of fused-ring (bicyclic) bond motifs is 1. The smallest absolute Gasteiger partial charge is 0.255 e. The Balaban J connectivity index is 1.83. The Morgan fingerprint density at radius 1 is 1.30 bits per heavy atom. The van der Waals surface area contributed by atoms with E-state index in [1.54, 1.807) is 23.9 Å². The molecule has 3 rings (SSSR count). The summed E-state index contributed by atoms with van der Waals surface area (Å²) in [4.78, 5) is 19.2. The summed E-state index contributed by atoms with van der Waals surface area (Å²) in [5.41, 5.74) is 2.52. The van der Waals surface area contributed by atoms with Crippen molar-refractivity contribution in [3.63, 3.8) is 0 Å². The van der Waals surface area contributed by atoms with Crippen molar-refractivity contribution in [3.05, 3.63) is 55.4 Å². The zero-order chi connectivity index (χ0) is 14.1. The van der Waals surface area contributed by atoms with E-state index in [1.807, 2.05) is 6.07 Å². The van der Waals surface area contributed by atoms with E-state index in [-0.39, 0.29) is 5.56 Å². The number of nitrogens with zero attached hydrogens (tertiary/aromatic N) is 1. The Hall–Kier alpha value is -0.620. The number of aromatic nitrogens is 2. The number of benzene rings is 1. The summed E-state index contributed by atoms with van der Waals surface area (Å²) in [6, 6.07) is 5.42. The minimum Gasteiger partial charge on any atom is -0.301 e. The van der Waals surface area contributed by atoms with Gasteiger partial charge in [-0.2, -0.15) is 11.8 Å². The van der Waals surface area contributed by atoms with Gasteiger partial charge in [0.15, 0.2) is 5.16 Å². The molecule has 1 aromatic heterocycles. The molecule has 1 N–H and O–H groups in total. The molecule has 0 unspecified atom stereocenters. The molecule has 0 radical (unpaired) electrons. The van der Waals surface area contributed by atoms with E-state index in [0.29, 0.717) is 21.0 Å². The number of halogens is 2. The minimum absolute atomic E-state index is 0.0345. The lowest BCUT2D eigenvalue weighted by molar-refractivity contribution is 0.884. The molecular weight excluding hydrogens is 335 g/mol. The fraction of sp³-hybridized carbons (Fsp3) is 0.231. The van der Waals surface area contributed by atoms with Gasteiger partial charge in [0.25, 0.3) is 5.56 Å². The van der Waals surface area contributed by atoms with Crippen molar-refractivity contribution in [1.29, 1.82) is 0 Å². The SMILES string of the molecule is O=c1[nH]c(SCc2c(Cl)cccc2Cl)nc2c1CSC2. The Morgan fingerprint density at radius 3 is 2.80 bits per heavy atom. The number of aromatic amines is 1. The van der Waals surface area contributed by atoms with Crippen LogP contribution in [0, 0.1) is 0 Å². The molecule has 0 bridgehead atoms. The summed E-state index contributed by atoms with van der Waals surface area (Å²) in [7, 11) is 0. The van der Waals surface area contributed by atoms with Crippen LogP contribution < -0.4 is 5.56 Å². The van der Waals surface area contributed by atoms with Gasteiger partial charge in [0.05, 0.1) is 5.69 Å². The van der Waals surface area contributed by atoms with Gasteiger partial charge in [-0.05, 0) is 17.7 Å². The molecule has 2 heterocycles. The number of nitrogens with one attached hydrogen (secondary N) is 1. The maximum absolute atomic E-state index is 11.9.